The standard InChI is InChI=1S/C23H21F2N4O/c24-18-9-17(10-19(25)11-18)15-30-23-6-2-5-21(12-23)28(20-3-1-4-20)29-8-7-26-13-22(29)14-27-16-29/h2,5-14,16,20H,1,3-4,15H2/q+1. The Morgan fingerprint density at radius 2 is 1.90 bits per heavy atom. The Labute approximate surface area is 173 Å². The summed E-state index contributed by atoms with van der Waals surface area (Å²) in [6, 6.07) is 11.6. The van der Waals surface area contributed by atoms with Gasteiger partial charge >= 0.3 is 0 Å². The number of hydrogen-bond acceptors (Lipinski definition) is 4. The minimum absolute atomic E-state index is 0.0841. The lowest BCUT2D eigenvalue weighted by molar-refractivity contribution is -0.746. The summed E-state index contributed by atoms with van der Waals surface area (Å²) in [5, 5.41) is 2.32. The third-order valence-corrected chi connectivity index (χ3v) is 5.64. The van der Waals surface area contributed by atoms with E-state index in [1.165, 1.54) is 18.6 Å². The molecule has 1 saturated carbocycles. The lowest BCUT2D eigenvalue weighted by Gasteiger charge is -2.46. The predicted octanol–water partition coefficient (Wildman–Crippen LogP) is 5.07. The van der Waals surface area contributed by atoms with Crippen molar-refractivity contribution < 1.29 is 18.1 Å². The number of allylic oxidation sites excluding steroid dienone is 1. The molecule has 0 bridgehead atoms. The number of anilines is 1. The largest absolute Gasteiger partial charge is 0.489 e. The summed E-state index contributed by atoms with van der Waals surface area (Å²) in [6.45, 7) is 0.0841. The third kappa shape index (κ3) is 3.31. The van der Waals surface area contributed by atoms with E-state index in [1.54, 1.807) is 6.20 Å². The number of benzene rings is 2. The Morgan fingerprint density at radius 1 is 1.07 bits per heavy atom. The van der Waals surface area contributed by atoms with Crippen molar-refractivity contribution in [1.82, 2.24) is 0 Å². The summed E-state index contributed by atoms with van der Waals surface area (Å²) in [6.07, 6.45) is 12.8. The van der Waals surface area contributed by atoms with Crippen molar-refractivity contribution in [2.75, 3.05) is 5.01 Å². The fraction of sp³-hybridized carbons (Fsp3) is 0.217. The van der Waals surface area contributed by atoms with Gasteiger partial charge in [0.15, 0.2) is 6.20 Å². The Morgan fingerprint density at radius 3 is 2.67 bits per heavy atom. The molecule has 0 amide bonds. The molecular weight excluding hydrogens is 386 g/mol. The summed E-state index contributed by atoms with van der Waals surface area (Å²) < 4.78 is 33.1. The average Bonchev–Trinajstić information content (AvgIpc) is 3.13. The highest BCUT2D eigenvalue weighted by Crippen LogP contribution is 2.40. The Bertz CT molecular complexity index is 1070. The Kier molecular flexibility index (Phi) is 4.67. The van der Waals surface area contributed by atoms with E-state index < -0.39 is 11.6 Å². The molecule has 0 N–H and O–H groups in total. The summed E-state index contributed by atoms with van der Waals surface area (Å²) in [5.41, 5.74) is 2.41. The second kappa shape index (κ2) is 7.50. The van der Waals surface area contributed by atoms with E-state index in [9.17, 15) is 8.78 Å². The van der Waals surface area contributed by atoms with Gasteiger partial charge in [-0.3, -0.25) is 4.99 Å². The molecule has 1 unspecified atom stereocenters. The second-order valence-corrected chi connectivity index (χ2v) is 7.63. The summed E-state index contributed by atoms with van der Waals surface area (Å²) >= 11 is 0. The van der Waals surface area contributed by atoms with Crippen LogP contribution >= 0.6 is 0 Å². The van der Waals surface area contributed by atoms with E-state index in [2.05, 4.69) is 15.0 Å². The van der Waals surface area contributed by atoms with Crippen molar-refractivity contribution in [3.05, 3.63) is 84.0 Å². The molecule has 1 fully saturated rings. The maximum absolute atomic E-state index is 13.4. The molecule has 0 saturated heterocycles. The molecule has 7 heteroatoms. The van der Waals surface area contributed by atoms with Gasteiger partial charge in [-0.05, 0) is 49.1 Å². The summed E-state index contributed by atoms with van der Waals surface area (Å²) in [7, 11) is 0. The van der Waals surface area contributed by atoms with Crippen LogP contribution in [-0.4, -0.2) is 23.2 Å². The van der Waals surface area contributed by atoms with Crippen LogP contribution in [0.5, 0.6) is 5.75 Å². The van der Waals surface area contributed by atoms with Gasteiger partial charge in [-0.25, -0.2) is 18.8 Å². The first-order valence-corrected chi connectivity index (χ1v) is 9.96. The number of nitrogens with zero attached hydrogens (tertiary/aromatic N) is 4. The zero-order chi connectivity index (χ0) is 20.6. The molecule has 2 aromatic rings. The molecule has 0 spiro atoms. The molecule has 2 aromatic carbocycles. The molecule has 152 valence electrons. The lowest BCUT2D eigenvalue weighted by atomic mass is 9.91. The van der Waals surface area contributed by atoms with Gasteiger partial charge in [0.2, 0.25) is 12.0 Å². The van der Waals surface area contributed by atoms with Crippen molar-refractivity contribution in [2.45, 2.75) is 31.9 Å². The molecule has 1 atom stereocenters. The third-order valence-electron chi connectivity index (χ3n) is 5.64. The van der Waals surface area contributed by atoms with E-state index >= 15 is 0 Å². The number of fused-ring (bicyclic) bond motifs is 1. The first-order chi connectivity index (χ1) is 14.6. The minimum Gasteiger partial charge on any atom is -0.489 e. The number of rotatable bonds is 6. The van der Waals surface area contributed by atoms with Crippen molar-refractivity contribution >= 4 is 18.2 Å². The average molecular weight is 407 g/mol. The van der Waals surface area contributed by atoms with Crippen LogP contribution in [0.3, 0.4) is 0 Å². The van der Waals surface area contributed by atoms with Gasteiger partial charge in [0.1, 0.15) is 24.0 Å². The van der Waals surface area contributed by atoms with Crippen LogP contribution in [0.4, 0.5) is 14.5 Å². The van der Waals surface area contributed by atoms with Gasteiger partial charge in [0.25, 0.3) is 0 Å². The van der Waals surface area contributed by atoms with E-state index in [-0.39, 0.29) is 6.61 Å². The van der Waals surface area contributed by atoms with Gasteiger partial charge in [-0.1, -0.05) is 6.07 Å². The molecule has 0 radical (unpaired) electrons. The highest BCUT2D eigenvalue weighted by atomic mass is 19.1. The van der Waals surface area contributed by atoms with Gasteiger partial charge in [-0.2, -0.15) is 0 Å². The zero-order valence-corrected chi connectivity index (χ0v) is 16.3. The smallest absolute Gasteiger partial charge is 0.225 e. The van der Waals surface area contributed by atoms with Gasteiger partial charge in [0.05, 0.1) is 30.3 Å². The highest BCUT2D eigenvalue weighted by Gasteiger charge is 2.46. The zero-order valence-electron chi connectivity index (χ0n) is 16.3. The molecule has 5 rings (SSSR count). The van der Waals surface area contributed by atoms with Crippen LogP contribution in [-0.2, 0) is 6.61 Å². The van der Waals surface area contributed by atoms with Crippen LogP contribution in [0, 0.1) is 11.6 Å². The number of quaternary nitrogens is 1. The van der Waals surface area contributed by atoms with Gasteiger partial charge in [0, 0.05) is 12.1 Å². The van der Waals surface area contributed by atoms with Crippen LogP contribution in [0.15, 0.2) is 76.7 Å². The summed E-state index contributed by atoms with van der Waals surface area (Å²) in [4.78, 5) is 8.66. The topological polar surface area (TPSA) is 37.2 Å². The van der Waals surface area contributed by atoms with E-state index in [0.29, 0.717) is 21.9 Å². The number of halogens is 2. The minimum atomic E-state index is -0.611. The van der Waals surface area contributed by atoms with Crippen molar-refractivity contribution in [1.29, 1.82) is 0 Å². The van der Waals surface area contributed by atoms with Crippen LogP contribution in [0.1, 0.15) is 24.8 Å². The van der Waals surface area contributed by atoms with Gasteiger partial charge < -0.3 is 4.74 Å². The first kappa shape index (κ1) is 18.7. The predicted molar refractivity (Wildman–Crippen MR) is 112 cm³/mol. The Balaban J connectivity index is 1.44. The quantitative estimate of drug-likeness (QED) is 0.627. The molecule has 1 aliphatic carbocycles. The fourth-order valence-electron chi connectivity index (χ4n) is 4.01. The Hall–Kier alpha value is -3.32. The molecular formula is C23H21F2N4O+. The maximum Gasteiger partial charge on any atom is 0.225 e. The molecule has 2 aliphatic heterocycles. The van der Waals surface area contributed by atoms with Crippen LogP contribution in [0.2, 0.25) is 0 Å². The van der Waals surface area contributed by atoms with Crippen molar-refractivity contribution in [3.63, 3.8) is 0 Å². The SMILES string of the molecule is Fc1cc(F)cc(COc2cccc(N(C3CCC3)[N+]34C=CN=CC3=CN=C4)c2)c1. The molecule has 5 nitrogen and oxygen atoms in total. The van der Waals surface area contributed by atoms with Crippen molar-refractivity contribution in [2.24, 2.45) is 9.98 Å². The molecule has 3 aliphatic rings. The molecule has 2 heterocycles. The number of aliphatic imine (C=N–C) groups is 2. The van der Waals surface area contributed by atoms with Crippen molar-refractivity contribution in [3.8, 4) is 5.75 Å². The maximum atomic E-state index is 13.4. The van der Waals surface area contributed by atoms with E-state index in [4.69, 9.17) is 4.74 Å². The second-order valence-electron chi connectivity index (χ2n) is 7.63. The van der Waals surface area contributed by atoms with E-state index in [1.807, 2.05) is 49.2 Å². The summed E-state index contributed by atoms with van der Waals surface area (Å²) in [5.74, 6) is -0.586. The normalized spacial score (nSPS) is 21.9. The van der Waals surface area contributed by atoms with E-state index in [0.717, 1.165) is 30.3 Å². The molecule has 0 aromatic heterocycles. The highest BCUT2D eigenvalue weighted by molar-refractivity contribution is 5.82. The monoisotopic (exact) mass is 407 g/mol. The molecule has 30 heavy (non-hydrogen) atoms. The number of ether oxygens (including phenoxy) is 1. The number of hydrogen-bond donors (Lipinski definition) is 0. The fourth-order valence-corrected chi connectivity index (χ4v) is 4.01. The lowest BCUT2D eigenvalue weighted by Crippen LogP contribution is -2.61. The van der Waals surface area contributed by atoms with Gasteiger partial charge in [-0.15, -0.1) is 4.59 Å². The van der Waals surface area contributed by atoms with Crippen LogP contribution < -0.4 is 9.75 Å². The van der Waals surface area contributed by atoms with Crippen LogP contribution in [0.25, 0.3) is 0 Å². The first-order valence-electron chi connectivity index (χ1n) is 9.96.